The van der Waals surface area contributed by atoms with E-state index in [-0.39, 0.29) is 11.1 Å². The van der Waals surface area contributed by atoms with Gasteiger partial charge in [0.15, 0.2) is 0 Å². The summed E-state index contributed by atoms with van der Waals surface area (Å²) in [5.74, 6) is 0. The molecule has 0 heterocycles. The third kappa shape index (κ3) is 4.53. The first-order valence-corrected chi connectivity index (χ1v) is 12.2. The zero-order chi connectivity index (χ0) is 16.5. The van der Waals surface area contributed by atoms with Crippen LogP contribution in [-0.4, -0.2) is 22.2 Å². The molecule has 0 fully saturated rings. The molecule has 0 spiro atoms. The summed E-state index contributed by atoms with van der Waals surface area (Å²) in [4.78, 5) is 0.316. The van der Waals surface area contributed by atoms with Crippen LogP contribution in [0.25, 0.3) is 0 Å². The Hall–Kier alpha value is -0.913. The molecule has 0 unspecified atom stereocenters. The van der Waals surface area contributed by atoms with Gasteiger partial charge in [0.05, 0.1) is 13.0 Å². The van der Waals surface area contributed by atoms with Gasteiger partial charge in [-0.1, -0.05) is 57.3 Å². The molecule has 0 radical (unpaired) electrons. The van der Waals surface area contributed by atoms with E-state index < -0.39 is 18.1 Å². The lowest BCUT2D eigenvalue weighted by Crippen LogP contribution is -2.57. The minimum Gasteiger partial charge on any atom is -0.210 e. The Kier molecular flexibility index (Phi) is 5.24. The van der Waals surface area contributed by atoms with E-state index in [0.29, 0.717) is 4.90 Å². The van der Waals surface area contributed by atoms with Gasteiger partial charge in [-0.15, -0.1) is 6.58 Å². The largest absolute Gasteiger partial charge is 0.240 e. The maximum atomic E-state index is 12.6. The van der Waals surface area contributed by atoms with Crippen molar-refractivity contribution in [2.45, 2.75) is 51.0 Å². The normalized spacial score (nSPS) is 14.8. The Morgan fingerprint density at radius 2 is 1.67 bits per heavy atom. The van der Waals surface area contributed by atoms with Gasteiger partial charge in [-0.3, -0.25) is 0 Å². The molecule has 0 aromatic heterocycles. The molecule has 0 aliphatic rings. The van der Waals surface area contributed by atoms with Crippen molar-refractivity contribution in [3.63, 3.8) is 0 Å². The summed E-state index contributed by atoms with van der Waals surface area (Å²) in [7, 11) is -5.27. The quantitative estimate of drug-likeness (QED) is 0.640. The van der Waals surface area contributed by atoms with E-state index in [1.165, 1.54) is 0 Å². The third-order valence-corrected chi connectivity index (χ3v) is 8.01. The Morgan fingerprint density at radius 1 is 1.19 bits per heavy atom. The van der Waals surface area contributed by atoms with E-state index in [1.807, 2.05) is 39.0 Å². The third-order valence-electron chi connectivity index (χ3n) is 3.74. The predicted molar refractivity (Wildman–Crippen MR) is 92.6 cm³/mol. The van der Waals surface area contributed by atoms with Crippen LogP contribution in [0.1, 0.15) is 19.4 Å². The molecule has 0 saturated carbocycles. The summed E-state index contributed by atoms with van der Waals surface area (Å²) in [5, 5.41) is 0. The molecular weight excluding hydrogens is 298 g/mol. The van der Waals surface area contributed by atoms with Gasteiger partial charge in [0.25, 0.3) is 0 Å². The van der Waals surface area contributed by atoms with E-state index in [0.717, 1.165) is 5.56 Å². The summed E-state index contributed by atoms with van der Waals surface area (Å²) in [6, 6.07) is 6.94. The Bertz CT molecular complexity index is 598. The number of hydrogen-bond donors (Lipinski definition) is 1. The molecule has 1 N–H and O–H groups in total. The van der Waals surface area contributed by atoms with Crippen LogP contribution in [0.4, 0.5) is 0 Å². The standard InChI is InChI=1S/C16H27NO2SSi/c1-8-16(3,4)15(21(5,6)7)17-20(18,19)14-11-9-13(2)10-12-14/h8-12,15,17H,1H2,2-7H3/t15-/m1/s1. The minimum atomic E-state index is -3.52. The van der Waals surface area contributed by atoms with Crippen LogP contribution in [0.15, 0.2) is 41.8 Å². The first kappa shape index (κ1) is 18.1. The number of rotatable bonds is 6. The van der Waals surface area contributed by atoms with Gasteiger partial charge >= 0.3 is 0 Å². The molecule has 118 valence electrons. The van der Waals surface area contributed by atoms with Crippen molar-refractivity contribution in [1.29, 1.82) is 0 Å². The SMILES string of the molecule is C=CC(C)(C)[C@H](NS(=O)(=O)c1ccc(C)cc1)[Si](C)(C)C. The van der Waals surface area contributed by atoms with Crippen molar-refractivity contribution in [3.05, 3.63) is 42.5 Å². The second kappa shape index (κ2) is 6.06. The lowest BCUT2D eigenvalue weighted by atomic mass is 9.94. The monoisotopic (exact) mass is 325 g/mol. The van der Waals surface area contributed by atoms with Crippen LogP contribution in [0, 0.1) is 12.3 Å². The molecule has 5 heteroatoms. The maximum absolute atomic E-state index is 12.6. The molecule has 0 aliphatic carbocycles. The van der Waals surface area contributed by atoms with Gasteiger partial charge in [0.1, 0.15) is 0 Å². The van der Waals surface area contributed by atoms with Crippen molar-refractivity contribution < 1.29 is 8.42 Å². The summed E-state index contributed by atoms with van der Waals surface area (Å²) in [5.41, 5.74) is 0.637. The van der Waals surface area contributed by atoms with E-state index >= 15 is 0 Å². The van der Waals surface area contributed by atoms with E-state index in [2.05, 4.69) is 30.9 Å². The predicted octanol–water partition coefficient (Wildman–Crippen LogP) is 3.73. The molecule has 21 heavy (non-hydrogen) atoms. The molecule has 0 bridgehead atoms. The second-order valence-electron chi connectivity index (χ2n) is 7.26. The Labute approximate surface area is 130 Å². The first-order chi connectivity index (χ1) is 9.40. The number of benzene rings is 1. The molecule has 0 amide bonds. The molecular formula is C16H27NO2SSi. The van der Waals surface area contributed by atoms with Crippen LogP contribution in [-0.2, 0) is 10.0 Å². The Balaban J connectivity index is 3.20. The van der Waals surface area contributed by atoms with Crippen molar-refractivity contribution in [2.75, 3.05) is 0 Å². The summed E-state index contributed by atoms with van der Waals surface area (Å²) >= 11 is 0. The van der Waals surface area contributed by atoms with Crippen LogP contribution in [0.5, 0.6) is 0 Å². The number of hydrogen-bond acceptors (Lipinski definition) is 2. The summed E-state index contributed by atoms with van der Waals surface area (Å²) < 4.78 is 28.2. The van der Waals surface area contributed by atoms with Gasteiger partial charge < -0.3 is 0 Å². The highest BCUT2D eigenvalue weighted by Gasteiger charge is 2.40. The zero-order valence-corrected chi connectivity index (χ0v) is 15.7. The highest BCUT2D eigenvalue weighted by atomic mass is 32.2. The molecule has 1 aromatic rings. The molecule has 1 rings (SSSR count). The summed E-state index contributed by atoms with van der Waals surface area (Å²) in [6.45, 7) is 16.4. The number of sulfonamides is 1. The van der Waals surface area contributed by atoms with Crippen molar-refractivity contribution >= 4 is 18.1 Å². The van der Waals surface area contributed by atoms with Gasteiger partial charge in [-0.2, -0.15) is 0 Å². The smallest absolute Gasteiger partial charge is 0.210 e. The molecule has 3 nitrogen and oxygen atoms in total. The zero-order valence-electron chi connectivity index (χ0n) is 13.9. The van der Waals surface area contributed by atoms with Crippen LogP contribution >= 0.6 is 0 Å². The number of nitrogens with one attached hydrogen (secondary N) is 1. The second-order valence-corrected chi connectivity index (χ2v) is 14.3. The topological polar surface area (TPSA) is 46.2 Å². The van der Waals surface area contributed by atoms with Gasteiger partial charge in [-0.25, -0.2) is 13.1 Å². The average molecular weight is 326 g/mol. The molecule has 0 saturated heterocycles. The summed E-state index contributed by atoms with van der Waals surface area (Å²) in [6.07, 6.45) is 1.84. The molecule has 1 aromatic carbocycles. The van der Waals surface area contributed by atoms with Crippen LogP contribution in [0.3, 0.4) is 0 Å². The fourth-order valence-electron chi connectivity index (χ4n) is 2.50. The van der Waals surface area contributed by atoms with Crippen LogP contribution < -0.4 is 4.72 Å². The van der Waals surface area contributed by atoms with Gasteiger partial charge in [0.2, 0.25) is 10.0 Å². The fourth-order valence-corrected chi connectivity index (χ4v) is 7.98. The Morgan fingerprint density at radius 3 is 2.05 bits per heavy atom. The highest BCUT2D eigenvalue weighted by Crippen LogP contribution is 2.30. The lowest BCUT2D eigenvalue weighted by Gasteiger charge is -2.40. The van der Waals surface area contributed by atoms with Crippen LogP contribution in [0.2, 0.25) is 19.6 Å². The van der Waals surface area contributed by atoms with E-state index in [4.69, 9.17) is 0 Å². The minimum absolute atomic E-state index is 0.117. The fraction of sp³-hybridized carbons (Fsp3) is 0.500. The molecule has 1 atom stereocenters. The van der Waals surface area contributed by atoms with Gasteiger partial charge in [0, 0.05) is 5.67 Å². The maximum Gasteiger partial charge on any atom is 0.240 e. The van der Waals surface area contributed by atoms with Crippen molar-refractivity contribution in [2.24, 2.45) is 5.41 Å². The van der Waals surface area contributed by atoms with E-state index in [9.17, 15) is 8.42 Å². The first-order valence-electron chi connectivity index (χ1n) is 7.13. The van der Waals surface area contributed by atoms with Gasteiger partial charge in [-0.05, 0) is 24.5 Å². The lowest BCUT2D eigenvalue weighted by molar-refractivity contribution is 0.417. The van der Waals surface area contributed by atoms with Crippen molar-refractivity contribution in [3.8, 4) is 0 Å². The molecule has 0 aliphatic heterocycles. The average Bonchev–Trinajstić information content (AvgIpc) is 2.35. The van der Waals surface area contributed by atoms with E-state index in [1.54, 1.807) is 12.1 Å². The highest BCUT2D eigenvalue weighted by molar-refractivity contribution is 7.89. The number of aryl methyl sites for hydroxylation is 1. The van der Waals surface area contributed by atoms with Crippen molar-refractivity contribution in [1.82, 2.24) is 4.72 Å².